The first-order valence-corrected chi connectivity index (χ1v) is 8.32. The van der Waals surface area contributed by atoms with Crippen molar-refractivity contribution in [2.24, 2.45) is 0 Å². The minimum atomic E-state index is -0.693. The number of para-hydroxylation sites is 1. The van der Waals surface area contributed by atoms with E-state index in [0.717, 1.165) is 0 Å². The van der Waals surface area contributed by atoms with E-state index in [2.05, 4.69) is 0 Å². The van der Waals surface area contributed by atoms with Crippen molar-refractivity contribution in [2.75, 3.05) is 13.1 Å². The molecule has 0 N–H and O–H groups in total. The normalized spacial score (nSPS) is 21.4. The van der Waals surface area contributed by atoms with Crippen LogP contribution < -0.4 is 4.74 Å². The van der Waals surface area contributed by atoms with E-state index in [1.807, 2.05) is 6.07 Å². The SMILES string of the molecule is O=C1CC2(CCN(C(=O)c3ccc([N+](=O)[O-])cc3)C2)Oc2ccccc21. The quantitative estimate of drug-likeness (QED) is 0.612. The lowest BCUT2D eigenvalue weighted by Gasteiger charge is -2.34. The highest BCUT2D eigenvalue weighted by molar-refractivity contribution is 6.00. The molecule has 26 heavy (non-hydrogen) atoms. The number of ketones is 1. The maximum atomic E-state index is 12.7. The third-order valence-electron chi connectivity index (χ3n) is 4.93. The first-order chi connectivity index (χ1) is 12.5. The van der Waals surface area contributed by atoms with Crippen molar-refractivity contribution in [3.8, 4) is 5.75 Å². The average molecular weight is 352 g/mol. The number of likely N-dealkylation sites (tertiary alicyclic amines) is 1. The molecule has 7 nitrogen and oxygen atoms in total. The van der Waals surface area contributed by atoms with Crippen LogP contribution in [0.4, 0.5) is 5.69 Å². The molecule has 2 aromatic carbocycles. The Balaban J connectivity index is 1.52. The molecule has 2 heterocycles. The molecule has 1 atom stereocenters. The molecule has 2 aliphatic heterocycles. The summed E-state index contributed by atoms with van der Waals surface area (Å²) in [4.78, 5) is 37.0. The lowest BCUT2D eigenvalue weighted by molar-refractivity contribution is -0.384. The van der Waals surface area contributed by atoms with Crippen LogP contribution >= 0.6 is 0 Å². The number of hydrogen-bond acceptors (Lipinski definition) is 5. The second kappa shape index (κ2) is 5.94. The van der Waals surface area contributed by atoms with Gasteiger partial charge in [-0.05, 0) is 24.3 Å². The van der Waals surface area contributed by atoms with Gasteiger partial charge in [0.1, 0.15) is 11.4 Å². The molecule has 1 spiro atoms. The number of nitrogens with zero attached hydrogens (tertiary/aromatic N) is 2. The van der Waals surface area contributed by atoms with Crippen LogP contribution in [0.5, 0.6) is 5.75 Å². The van der Waals surface area contributed by atoms with Crippen molar-refractivity contribution in [1.29, 1.82) is 0 Å². The van der Waals surface area contributed by atoms with E-state index in [4.69, 9.17) is 4.74 Å². The van der Waals surface area contributed by atoms with Crippen LogP contribution in [0.1, 0.15) is 33.6 Å². The number of nitro benzene ring substituents is 1. The third-order valence-corrected chi connectivity index (χ3v) is 4.93. The number of hydrogen-bond donors (Lipinski definition) is 0. The van der Waals surface area contributed by atoms with Gasteiger partial charge < -0.3 is 9.64 Å². The van der Waals surface area contributed by atoms with Crippen molar-refractivity contribution in [2.45, 2.75) is 18.4 Å². The molecule has 0 aliphatic carbocycles. The zero-order chi connectivity index (χ0) is 18.3. The number of Topliss-reactive ketones (excluding diaryl/α,β-unsaturated/α-hetero) is 1. The topological polar surface area (TPSA) is 89.8 Å². The number of ether oxygens (including phenoxy) is 1. The Morgan fingerprint density at radius 3 is 2.62 bits per heavy atom. The second-order valence-corrected chi connectivity index (χ2v) is 6.66. The van der Waals surface area contributed by atoms with Gasteiger partial charge in [0, 0.05) is 30.7 Å². The van der Waals surface area contributed by atoms with E-state index in [1.54, 1.807) is 23.1 Å². The monoisotopic (exact) mass is 352 g/mol. The van der Waals surface area contributed by atoms with Crippen LogP contribution in [0.3, 0.4) is 0 Å². The Morgan fingerprint density at radius 2 is 1.88 bits per heavy atom. The summed E-state index contributed by atoms with van der Waals surface area (Å²) < 4.78 is 6.11. The van der Waals surface area contributed by atoms with Gasteiger partial charge in [-0.1, -0.05) is 12.1 Å². The predicted octanol–water partition coefficient (Wildman–Crippen LogP) is 2.84. The summed E-state index contributed by atoms with van der Waals surface area (Å²) in [7, 11) is 0. The fraction of sp³-hybridized carbons (Fsp3) is 0.263. The summed E-state index contributed by atoms with van der Waals surface area (Å²) in [5, 5.41) is 10.7. The van der Waals surface area contributed by atoms with Crippen molar-refractivity contribution in [3.63, 3.8) is 0 Å². The minimum Gasteiger partial charge on any atom is -0.484 e. The molecule has 4 rings (SSSR count). The molecular formula is C19H16N2O5. The van der Waals surface area contributed by atoms with Crippen LogP contribution in [0.25, 0.3) is 0 Å². The van der Waals surface area contributed by atoms with Gasteiger partial charge >= 0.3 is 0 Å². The standard InChI is InChI=1S/C19H16N2O5/c22-16-11-19(26-17-4-2-1-3-15(16)17)9-10-20(12-19)18(23)13-5-7-14(8-6-13)21(24)25/h1-8H,9-12H2. The zero-order valence-electron chi connectivity index (χ0n) is 13.9. The third kappa shape index (κ3) is 2.71. The summed E-state index contributed by atoms with van der Waals surface area (Å²) in [6.45, 7) is 0.800. The van der Waals surface area contributed by atoms with Crippen molar-refractivity contribution in [1.82, 2.24) is 4.90 Å². The summed E-state index contributed by atoms with van der Waals surface area (Å²) in [6, 6.07) is 12.7. The Morgan fingerprint density at radius 1 is 1.15 bits per heavy atom. The van der Waals surface area contributed by atoms with E-state index in [0.29, 0.717) is 36.4 Å². The summed E-state index contributed by atoms with van der Waals surface area (Å²) in [5.74, 6) is 0.372. The summed E-state index contributed by atoms with van der Waals surface area (Å²) in [6.07, 6.45) is 0.819. The first-order valence-electron chi connectivity index (χ1n) is 8.32. The summed E-state index contributed by atoms with van der Waals surface area (Å²) >= 11 is 0. The van der Waals surface area contributed by atoms with E-state index in [-0.39, 0.29) is 23.8 Å². The second-order valence-electron chi connectivity index (χ2n) is 6.66. The molecule has 2 aliphatic rings. The average Bonchev–Trinajstić information content (AvgIpc) is 3.04. The van der Waals surface area contributed by atoms with Crippen LogP contribution in [0, 0.1) is 10.1 Å². The van der Waals surface area contributed by atoms with Gasteiger partial charge in [-0.2, -0.15) is 0 Å². The number of non-ortho nitro benzene ring substituents is 1. The highest BCUT2D eigenvalue weighted by atomic mass is 16.6. The molecule has 7 heteroatoms. The fourth-order valence-corrected chi connectivity index (χ4v) is 3.60. The number of nitro groups is 1. The minimum absolute atomic E-state index is 0.0245. The van der Waals surface area contributed by atoms with Gasteiger partial charge in [-0.25, -0.2) is 0 Å². The molecule has 2 aromatic rings. The maximum Gasteiger partial charge on any atom is 0.269 e. The van der Waals surface area contributed by atoms with Crippen LogP contribution in [0.15, 0.2) is 48.5 Å². The molecule has 0 radical (unpaired) electrons. The van der Waals surface area contributed by atoms with Crippen molar-refractivity contribution in [3.05, 3.63) is 69.8 Å². The highest BCUT2D eigenvalue weighted by Gasteiger charge is 2.47. The molecule has 0 aromatic heterocycles. The van der Waals surface area contributed by atoms with Gasteiger partial charge in [0.05, 0.1) is 23.5 Å². The Kier molecular flexibility index (Phi) is 3.72. The molecule has 0 bridgehead atoms. The van der Waals surface area contributed by atoms with Crippen LogP contribution in [0.2, 0.25) is 0 Å². The molecule has 1 fully saturated rings. The zero-order valence-corrected chi connectivity index (χ0v) is 13.9. The Labute approximate surface area is 149 Å². The van der Waals surface area contributed by atoms with Gasteiger partial charge in [-0.3, -0.25) is 19.7 Å². The van der Waals surface area contributed by atoms with Crippen LogP contribution in [-0.4, -0.2) is 40.2 Å². The number of rotatable bonds is 2. The van der Waals surface area contributed by atoms with E-state index >= 15 is 0 Å². The predicted molar refractivity (Wildman–Crippen MR) is 92.4 cm³/mol. The lowest BCUT2D eigenvalue weighted by Crippen LogP contribution is -2.45. The molecule has 1 amide bonds. The highest BCUT2D eigenvalue weighted by Crippen LogP contribution is 2.38. The maximum absolute atomic E-state index is 12.7. The smallest absolute Gasteiger partial charge is 0.269 e. The van der Waals surface area contributed by atoms with Gasteiger partial charge in [-0.15, -0.1) is 0 Å². The molecule has 0 saturated carbocycles. The van der Waals surface area contributed by atoms with E-state index < -0.39 is 10.5 Å². The fourth-order valence-electron chi connectivity index (χ4n) is 3.60. The first kappa shape index (κ1) is 16.3. The van der Waals surface area contributed by atoms with Gasteiger partial charge in [0.25, 0.3) is 11.6 Å². The lowest BCUT2D eigenvalue weighted by atomic mass is 9.89. The van der Waals surface area contributed by atoms with Gasteiger partial charge in [0.15, 0.2) is 5.78 Å². The molecule has 1 unspecified atom stereocenters. The molecule has 1 saturated heterocycles. The van der Waals surface area contributed by atoms with Crippen LogP contribution in [-0.2, 0) is 0 Å². The van der Waals surface area contributed by atoms with Crippen molar-refractivity contribution < 1.29 is 19.2 Å². The van der Waals surface area contributed by atoms with E-state index in [1.165, 1.54) is 24.3 Å². The largest absolute Gasteiger partial charge is 0.484 e. The molecule has 132 valence electrons. The number of amides is 1. The number of benzene rings is 2. The van der Waals surface area contributed by atoms with Crippen molar-refractivity contribution >= 4 is 17.4 Å². The number of carbonyl (C=O) groups is 2. The number of carbonyl (C=O) groups excluding carboxylic acids is 2. The van der Waals surface area contributed by atoms with E-state index in [9.17, 15) is 19.7 Å². The Hall–Kier alpha value is -3.22. The summed E-state index contributed by atoms with van der Waals surface area (Å²) in [5.41, 5.74) is 0.215. The van der Waals surface area contributed by atoms with Gasteiger partial charge in [0.2, 0.25) is 0 Å². The number of fused-ring (bicyclic) bond motifs is 1. The Bertz CT molecular complexity index is 908. The molecular weight excluding hydrogens is 336 g/mol.